The molecule has 2 aromatic rings. The Morgan fingerprint density at radius 2 is 1.70 bits per heavy atom. The Morgan fingerprint density at radius 1 is 1.00 bits per heavy atom. The van der Waals surface area contributed by atoms with Gasteiger partial charge in [-0.05, 0) is 30.6 Å². The zero-order valence-corrected chi connectivity index (χ0v) is 14.3. The highest BCUT2D eigenvalue weighted by Gasteiger charge is 2.00. The summed E-state index contributed by atoms with van der Waals surface area (Å²) < 4.78 is 19.0. The van der Waals surface area contributed by atoms with Crippen LogP contribution < -0.4 is 0 Å². The van der Waals surface area contributed by atoms with E-state index in [1.165, 1.54) is 11.0 Å². The van der Waals surface area contributed by atoms with Gasteiger partial charge in [-0.15, -0.1) is 0 Å². The average molecular weight is 320 g/mol. The number of nitrogens with zero attached hydrogens (tertiary/aromatic N) is 1. The molecule has 0 unspecified atom stereocenters. The van der Waals surface area contributed by atoms with Gasteiger partial charge in [-0.1, -0.05) is 56.4 Å². The highest BCUT2D eigenvalue weighted by atomic mass is 19.1. The number of rotatable bonds is 2. The van der Waals surface area contributed by atoms with Crippen LogP contribution in [-0.4, -0.2) is 24.6 Å². The number of alkyl halides is 2. The molecule has 1 N–H and O–H groups in total. The van der Waals surface area contributed by atoms with Crippen LogP contribution in [0.1, 0.15) is 32.4 Å². The zero-order chi connectivity index (χ0) is 17.5. The van der Waals surface area contributed by atoms with Gasteiger partial charge in [0.1, 0.15) is 0 Å². The number of hydrogen-bond acceptors (Lipinski definition) is 1. The molecular weight excluding hydrogens is 294 g/mol. The SMILES string of the molecule is C1=CC(/C=C/c2n[nH]c3ccccc23)=CCC1.CC.CF.CF. The number of aromatic amines is 1. The van der Waals surface area contributed by atoms with Crippen LogP contribution in [0.25, 0.3) is 17.0 Å². The molecule has 0 bridgehead atoms. The van der Waals surface area contributed by atoms with Crippen LogP contribution in [0.3, 0.4) is 0 Å². The van der Waals surface area contributed by atoms with Crippen molar-refractivity contribution in [1.29, 1.82) is 0 Å². The summed E-state index contributed by atoms with van der Waals surface area (Å²) in [6.07, 6.45) is 13.1. The third-order valence-electron chi connectivity index (χ3n) is 2.96. The number of para-hydroxylation sites is 1. The minimum absolute atomic E-state index is 0.500. The summed E-state index contributed by atoms with van der Waals surface area (Å²) in [6.45, 7) is 4.00. The van der Waals surface area contributed by atoms with Crippen molar-refractivity contribution in [1.82, 2.24) is 10.2 Å². The van der Waals surface area contributed by atoms with Crippen molar-refractivity contribution >= 4 is 17.0 Å². The van der Waals surface area contributed by atoms with Crippen LogP contribution in [0, 0.1) is 0 Å². The molecule has 0 radical (unpaired) electrons. The number of hydrogen-bond donors (Lipinski definition) is 1. The summed E-state index contributed by atoms with van der Waals surface area (Å²) >= 11 is 0. The molecule has 0 saturated heterocycles. The molecule has 3 rings (SSSR count). The standard InChI is InChI=1S/C15H14N2.C2H6.2CH3F/c1-2-6-12(7-3-1)10-11-15-13-8-4-5-9-14(13)16-17-15;3*1-2/h2,4-11H,1,3H2,(H,16,17);1-2H3;2*1H3/b11-10+;;;. The van der Waals surface area contributed by atoms with Gasteiger partial charge in [0.2, 0.25) is 0 Å². The van der Waals surface area contributed by atoms with E-state index in [2.05, 4.69) is 46.6 Å². The number of H-pyrrole nitrogens is 1. The van der Waals surface area contributed by atoms with Gasteiger partial charge in [0.25, 0.3) is 0 Å². The molecule has 23 heavy (non-hydrogen) atoms. The molecule has 1 aromatic carbocycles. The van der Waals surface area contributed by atoms with Gasteiger partial charge in [0.05, 0.1) is 25.6 Å². The van der Waals surface area contributed by atoms with Crippen LogP contribution in [0.5, 0.6) is 0 Å². The lowest BCUT2D eigenvalue weighted by atomic mass is 10.1. The van der Waals surface area contributed by atoms with Crippen LogP contribution in [0.15, 0.2) is 54.1 Å². The van der Waals surface area contributed by atoms with E-state index in [9.17, 15) is 8.78 Å². The number of aromatic nitrogens is 2. The molecule has 1 aromatic heterocycles. The van der Waals surface area contributed by atoms with Gasteiger partial charge in [-0.25, -0.2) is 0 Å². The molecule has 1 aliphatic carbocycles. The van der Waals surface area contributed by atoms with Crippen molar-refractivity contribution in [2.45, 2.75) is 26.7 Å². The lowest BCUT2D eigenvalue weighted by molar-refractivity contribution is 0.635. The maximum atomic E-state index is 9.50. The first kappa shape index (κ1) is 20.8. The Morgan fingerprint density at radius 3 is 2.35 bits per heavy atom. The largest absolute Gasteiger partial charge is 0.277 e. The Labute approximate surface area is 137 Å². The third kappa shape index (κ3) is 6.59. The highest BCUT2D eigenvalue weighted by Crippen LogP contribution is 2.18. The van der Waals surface area contributed by atoms with Gasteiger partial charge >= 0.3 is 0 Å². The van der Waals surface area contributed by atoms with Crippen molar-refractivity contribution in [2.24, 2.45) is 0 Å². The number of benzene rings is 1. The molecule has 0 atom stereocenters. The summed E-state index contributed by atoms with van der Waals surface area (Å²) in [5, 5.41) is 8.52. The normalized spacial score (nSPS) is 12.3. The molecule has 0 spiro atoms. The van der Waals surface area contributed by atoms with Crippen LogP contribution >= 0.6 is 0 Å². The van der Waals surface area contributed by atoms with E-state index in [-0.39, 0.29) is 0 Å². The van der Waals surface area contributed by atoms with E-state index >= 15 is 0 Å². The fourth-order valence-electron chi connectivity index (χ4n) is 2.04. The van der Waals surface area contributed by atoms with E-state index in [1.807, 2.05) is 32.0 Å². The molecule has 0 fully saturated rings. The smallest absolute Gasteiger partial charge is 0.0927 e. The second-order valence-electron chi connectivity index (χ2n) is 4.17. The van der Waals surface area contributed by atoms with E-state index in [0.29, 0.717) is 14.4 Å². The zero-order valence-electron chi connectivity index (χ0n) is 14.3. The first-order valence-electron chi connectivity index (χ1n) is 7.67. The summed E-state index contributed by atoms with van der Waals surface area (Å²) in [6, 6.07) is 8.18. The monoisotopic (exact) mass is 320 g/mol. The van der Waals surface area contributed by atoms with Gasteiger partial charge in [-0.2, -0.15) is 5.10 Å². The van der Waals surface area contributed by atoms with Crippen molar-refractivity contribution < 1.29 is 8.78 Å². The molecule has 126 valence electrons. The minimum atomic E-state index is 0.500. The molecule has 0 aliphatic heterocycles. The van der Waals surface area contributed by atoms with Gasteiger partial charge in [0.15, 0.2) is 0 Å². The highest BCUT2D eigenvalue weighted by molar-refractivity contribution is 5.86. The maximum Gasteiger partial charge on any atom is 0.0927 e. The average Bonchev–Trinajstić information content (AvgIpc) is 3.09. The number of allylic oxidation sites excluding steroid dienone is 5. The molecule has 1 heterocycles. The summed E-state index contributed by atoms with van der Waals surface area (Å²) in [7, 11) is 1.00. The van der Waals surface area contributed by atoms with Gasteiger partial charge in [-0.3, -0.25) is 13.9 Å². The number of fused-ring (bicyclic) bond motifs is 1. The first-order valence-corrected chi connectivity index (χ1v) is 7.67. The van der Waals surface area contributed by atoms with Crippen LogP contribution in [0.4, 0.5) is 8.78 Å². The summed E-state index contributed by atoms with van der Waals surface area (Å²) in [5.74, 6) is 0. The van der Waals surface area contributed by atoms with Crippen molar-refractivity contribution in [2.75, 3.05) is 14.4 Å². The Hall–Kier alpha value is -2.23. The second kappa shape index (κ2) is 13.4. The first-order chi connectivity index (χ1) is 11.4. The van der Waals surface area contributed by atoms with E-state index in [4.69, 9.17) is 0 Å². The second-order valence-corrected chi connectivity index (χ2v) is 4.17. The predicted octanol–water partition coefficient (Wildman–Crippen LogP) is 6.05. The molecular formula is C19H26F2N2. The lowest BCUT2D eigenvalue weighted by Gasteiger charge is -2.00. The van der Waals surface area contributed by atoms with E-state index in [1.54, 1.807) is 0 Å². The van der Waals surface area contributed by atoms with Gasteiger partial charge < -0.3 is 0 Å². The van der Waals surface area contributed by atoms with E-state index in [0.717, 1.165) is 24.1 Å². The summed E-state index contributed by atoms with van der Waals surface area (Å²) in [5.41, 5.74) is 3.35. The molecule has 1 aliphatic rings. The van der Waals surface area contributed by atoms with E-state index < -0.39 is 0 Å². The lowest BCUT2D eigenvalue weighted by Crippen LogP contribution is -1.80. The summed E-state index contributed by atoms with van der Waals surface area (Å²) in [4.78, 5) is 0. The Bertz CT molecular complexity index is 625. The molecule has 4 heteroatoms. The number of nitrogens with one attached hydrogen (secondary N) is 1. The molecule has 0 saturated carbocycles. The Kier molecular flexibility index (Phi) is 12.1. The van der Waals surface area contributed by atoms with Crippen molar-refractivity contribution in [3.63, 3.8) is 0 Å². The fourth-order valence-corrected chi connectivity index (χ4v) is 2.04. The number of halogens is 2. The van der Waals surface area contributed by atoms with Crippen LogP contribution in [0.2, 0.25) is 0 Å². The topological polar surface area (TPSA) is 28.7 Å². The van der Waals surface area contributed by atoms with Crippen molar-refractivity contribution in [3.8, 4) is 0 Å². The Balaban J connectivity index is 0.000000728. The molecule has 0 amide bonds. The minimum Gasteiger partial charge on any atom is -0.277 e. The molecule has 2 nitrogen and oxygen atoms in total. The third-order valence-corrected chi connectivity index (χ3v) is 2.96. The maximum absolute atomic E-state index is 9.50. The quantitative estimate of drug-likeness (QED) is 0.717. The van der Waals surface area contributed by atoms with Crippen LogP contribution in [-0.2, 0) is 0 Å². The fraction of sp³-hybridized carbons (Fsp3) is 0.316. The predicted molar refractivity (Wildman–Crippen MR) is 97.0 cm³/mol. The van der Waals surface area contributed by atoms with Crippen molar-refractivity contribution in [3.05, 3.63) is 59.8 Å². The van der Waals surface area contributed by atoms with Gasteiger partial charge in [0, 0.05) is 5.39 Å².